The van der Waals surface area contributed by atoms with E-state index in [1.165, 1.54) is 4.90 Å². The van der Waals surface area contributed by atoms with Crippen molar-refractivity contribution in [2.24, 2.45) is 5.92 Å². The monoisotopic (exact) mass is 520 g/mol. The summed E-state index contributed by atoms with van der Waals surface area (Å²) < 4.78 is 10.5. The van der Waals surface area contributed by atoms with Crippen LogP contribution in [0, 0.1) is 5.92 Å². The van der Waals surface area contributed by atoms with Crippen LogP contribution in [0.25, 0.3) is 10.8 Å². The molecule has 38 heavy (non-hydrogen) atoms. The molecule has 0 aliphatic carbocycles. The Kier molecular flexibility index (Phi) is 10.7. The molecule has 0 aliphatic rings. The highest BCUT2D eigenvalue weighted by Crippen LogP contribution is 2.20. The summed E-state index contributed by atoms with van der Waals surface area (Å²) in [7, 11) is 0. The zero-order valence-electron chi connectivity index (χ0n) is 22.1. The van der Waals surface area contributed by atoms with E-state index in [0.29, 0.717) is 0 Å². The van der Waals surface area contributed by atoms with Crippen molar-refractivity contribution in [1.82, 2.24) is 10.2 Å². The molecular weight excluding hydrogens is 484 g/mol. The maximum absolute atomic E-state index is 13.4. The van der Waals surface area contributed by atoms with Crippen LogP contribution < -0.4 is 5.32 Å². The second-order valence-corrected chi connectivity index (χ2v) is 9.50. The Morgan fingerprint density at radius 3 is 2.26 bits per heavy atom. The molecule has 0 heterocycles. The maximum Gasteiger partial charge on any atom is 0.336 e. The van der Waals surface area contributed by atoms with Gasteiger partial charge in [-0.2, -0.15) is 0 Å². The number of hydrogen-bond acceptors (Lipinski definition) is 6. The first kappa shape index (κ1) is 28.7. The lowest BCUT2D eigenvalue weighted by Gasteiger charge is -2.28. The van der Waals surface area contributed by atoms with Crippen LogP contribution in [0.1, 0.15) is 31.9 Å². The Hall–Kier alpha value is -3.91. The predicted molar refractivity (Wildman–Crippen MR) is 145 cm³/mol. The first-order valence-electron chi connectivity index (χ1n) is 12.9. The number of hydrogen-bond donors (Lipinski definition) is 2. The van der Waals surface area contributed by atoms with Crippen molar-refractivity contribution < 1.29 is 29.0 Å². The molecule has 0 bridgehead atoms. The second kappa shape index (κ2) is 14.1. The lowest BCUT2D eigenvalue weighted by Crippen LogP contribution is -2.52. The topological polar surface area (TPSA) is 105 Å². The van der Waals surface area contributed by atoms with Gasteiger partial charge in [-0.3, -0.25) is 0 Å². The number of carbonyl (C=O) groups is 3. The zero-order valence-corrected chi connectivity index (χ0v) is 22.1. The van der Waals surface area contributed by atoms with Gasteiger partial charge in [0.2, 0.25) is 0 Å². The lowest BCUT2D eigenvalue weighted by molar-refractivity contribution is -0.153. The molecule has 0 aromatic heterocycles. The first-order valence-corrected chi connectivity index (χ1v) is 12.9. The van der Waals surface area contributed by atoms with Gasteiger partial charge in [-0.1, -0.05) is 86.6 Å². The van der Waals surface area contributed by atoms with Gasteiger partial charge < -0.3 is 24.8 Å². The van der Waals surface area contributed by atoms with E-state index in [2.05, 4.69) is 5.32 Å². The minimum Gasteiger partial charge on any atom is -0.464 e. The molecule has 0 spiro atoms. The first-order chi connectivity index (χ1) is 18.3. The van der Waals surface area contributed by atoms with Crippen LogP contribution in [-0.4, -0.2) is 59.8 Å². The number of carbonyl (C=O) groups excluding carboxylic acids is 3. The zero-order chi connectivity index (χ0) is 27.5. The van der Waals surface area contributed by atoms with Gasteiger partial charge in [0.1, 0.15) is 12.6 Å². The molecule has 2 atom stereocenters. The van der Waals surface area contributed by atoms with Gasteiger partial charge in [0, 0.05) is 13.0 Å². The summed E-state index contributed by atoms with van der Waals surface area (Å²) in [4.78, 5) is 40.0. The average Bonchev–Trinajstić information content (AvgIpc) is 2.91. The quantitative estimate of drug-likeness (QED) is 0.349. The van der Waals surface area contributed by atoms with Gasteiger partial charge >= 0.3 is 18.0 Å². The summed E-state index contributed by atoms with van der Waals surface area (Å²) in [5.41, 5.74) is 1.71. The summed E-state index contributed by atoms with van der Waals surface area (Å²) in [6.07, 6.45) is -1.29. The van der Waals surface area contributed by atoms with Crippen LogP contribution in [0.15, 0.2) is 72.8 Å². The van der Waals surface area contributed by atoms with Gasteiger partial charge in [0.25, 0.3) is 0 Å². The highest BCUT2D eigenvalue weighted by molar-refractivity contribution is 5.88. The predicted octanol–water partition coefficient (Wildman–Crippen LogP) is 4.09. The normalized spacial score (nSPS) is 12.6. The number of nitrogens with zero attached hydrogens (tertiary/aromatic N) is 1. The molecule has 8 heteroatoms. The fourth-order valence-electron chi connectivity index (χ4n) is 4.16. The molecule has 0 radical (unpaired) electrons. The van der Waals surface area contributed by atoms with Crippen LogP contribution in [0.4, 0.5) is 4.79 Å². The third-order valence-corrected chi connectivity index (χ3v) is 5.93. The van der Waals surface area contributed by atoms with Crippen molar-refractivity contribution in [3.63, 3.8) is 0 Å². The van der Waals surface area contributed by atoms with E-state index in [1.807, 2.05) is 86.6 Å². The largest absolute Gasteiger partial charge is 0.464 e. The van der Waals surface area contributed by atoms with Crippen molar-refractivity contribution in [3.05, 3.63) is 83.9 Å². The number of ether oxygens (including phenoxy) is 2. The molecule has 3 aromatic rings. The standard InChI is InChI=1S/C30H36N2O6/c1-4-37-29(35)27(33)19-32(18-21(2)3)30(36)31-26(28(34)38-20-22-11-6-5-7-12-22)17-24-15-10-14-23-13-8-9-16-25(23)24/h5-16,21,26-27,33H,4,17-20H2,1-3H3,(H,31,36)/t26-,27?/m0/s1. The Morgan fingerprint density at radius 2 is 1.55 bits per heavy atom. The molecule has 0 aliphatic heterocycles. The fourth-order valence-corrected chi connectivity index (χ4v) is 4.16. The smallest absolute Gasteiger partial charge is 0.336 e. The van der Waals surface area contributed by atoms with E-state index in [0.717, 1.165) is 21.9 Å². The summed E-state index contributed by atoms with van der Waals surface area (Å²) in [5.74, 6) is -1.33. The minimum absolute atomic E-state index is 0.0525. The van der Waals surface area contributed by atoms with Gasteiger partial charge in [-0.05, 0) is 34.7 Å². The highest BCUT2D eigenvalue weighted by Gasteiger charge is 2.29. The van der Waals surface area contributed by atoms with E-state index >= 15 is 0 Å². The Labute approximate surface area is 223 Å². The van der Waals surface area contributed by atoms with Crippen LogP contribution >= 0.6 is 0 Å². The number of aliphatic hydroxyl groups is 1. The van der Waals surface area contributed by atoms with E-state index in [1.54, 1.807) is 6.92 Å². The molecule has 8 nitrogen and oxygen atoms in total. The van der Waals surface area contributed by atoms with E-state index in [4.69, 9.17) is 9.47 Å². The maximum atomic E-state index is 13.4. The molecule has 202 valence electrons. The van der Waals surface area contributed by atoms with Crippen LogP contribution in [-0.2, 0) is 32.1 Å². The SMILES string of the molecule is CCOC(=O)C(O)CN(CC(C)C)C(=O)N[C@@H](Cc1cccc2ccccc12)C(=O)OCc1ccccc1. The number of nitrogens with one attached hydrogen (secondary N) is 1. The lowest BCUT2D eigenvalue weighted by atomic mass is 9.99. The molecular formula is C30H36N2O6. The van der Waals surface area contributed by atoms with Crippen molar-refractivity contribution in [2.75, 3.05) is 19.7 Å². The van der Waals surface area contributed by atoms with Gasteiger partial charge in [0.15, 0.2) is 6.10 Å². The molecule has 0 saturated carbocycles. The van der Waals surface area contributed by atoms with Crippen molar-refractivity contribution >= 4 is 28.7 Å². The van der Waals surface area contributed by atoms with Crippen molar-refractivity contribution in [1.29, 1.82) is 0 Å². The number of esters is 2. The molecule has 0 saturated heterocycles. The fraction of sp³-hybridized carbons (Fsp3) is 0.367. The van der Waals surface area contributed by atoms with E-state index in [9.17, 15) is 19.5 Å². The number of benzene rings is 3. The second-order valence-electron chi connectivity index (χ2n) is 9.50. The summed E-state index contributed by atoms with van der Waals surface area (Å²) in [6, 6.07) is 21.4. The molecule has 3 aromatic carbocycles. The number of fused-ring (bicyclic) bond motifs is 1. The molecule has 1 unspecified atom stereocenters. The molecule has 2 amide bonds. The van der Waals surface area contributed by atoms with Crippen molar-refractivity contribution in [2.45, 2.75) is 45.9 Å². The Morgan fingerprint density at radius 1 is 0.868 bits per heavy atom. The highest BCUT2D eigenvalue weighted by atomic mass is 16.5. The summed E-state index contributed by atoms with van der Waals surface area (Å²) >= 11 is 0. The van der Waals surface area contributed by atoms with Crippen LogP contribution in [0.5, 0.6) is 0 Å². The number of rotatable bonds is 12. The van der Waals surface area contributed by atoms with Gasteiger partial charge in [0.05, 0.1) is 13.2 Å². The Bertz CT molecular complexity index is 1210. The van der Waals surface area contributed by atoms with Crippen molar-refractivity contribution in [3.8, 4) is 0 Å². The van der Waals surface area contributed by atoms with Crippen LogP contribution in [0.3, 0.4) is 0 Å². The minimum atomic E-state index is -1.50. The summed E-state index contributed by atoms with van der Waals surface area (Å²) in [6.45, 7) is 5.66. The average molecular weight is 521 g/mol. The number of amides is 2. The third-order valence-electron chi connectivity index (χ3n) is 5.93. The van der Waals surface area contributed by atoms with E-state index < -0.39 is 30.1 Å². The van der Waals surface area contributed by atoms with Crippen LogP contribution in [0.2, 0.25) is 0 Å². The third kappa shape index (κ3) is 8.31. The number of aliphatic hydroxyl groups excluding tert-OH is 1. The van der Waals surface area contributed by atoms with Gasteiger partial charge in [-0.15, -0.1) is 0 Å². The Balaban J connectivity index is 1.83. The molecule has 0 fully saturated rings. The molecule has 3 rings (SSSR count). The van der Waals surface area contributed by atoms with E-state index in [-0.39, 0.29) is 38.6 Å². The molecule has 2 N–H and O–H groups in total. The number of urea groups is 1. The van der Waals surface area contributed by atoms with Gasteiger partial charge in [-0.25, -0.2) is 14.4 Å². The summed E-state index contributed by atoms with van der Waals surface area (Å²) in [5, 5.41) is 15.1.